The third-order valence-corrected chi connectivity index (χ3v) is 4.81. The lowest BCUT2D eigenvalue weighted by molar-refractivity contribution is -0.862. The molecule has 0 aromatic heterocycles. The van der Waals surface area contributed by atoms with Crippen LogP contribution < -0.4 is 17.1 Å². The van der Waals surface area contributed by atoms with E-state index in [9.17, 15) is 14.4 Å². The number of esters is 1. The van der Waals surface area contributed by atoms with Crippen LogP contribution in [0.1, 0.15) is 26.3 Å². The summed E-state index contributed by atoms with van der Waals surface area (Å²) in [6.07, 6.45) is 0. The van der Waals surface area contributed by atoms with Crippen LogP contribution in [0.15, 0.2) is 48.5 Å². The normalized spacial score (nSPS) is 18.1. The molecule has 2 aromatic rings. The van der Waals surface area contributed by atoms with Crippen molar-refractivity contribution in [3.8, 4) is 5.75 Å². The van der Waals surface area contributed by atoms with Crippen molar-refractivity contribution in [2.24, 2.45) is 0 Å². The summed E-state index contributed by atoms with van der Waals surface area (Å²) in [6.45, 7) is -0.196. The van der Waals surface area contributed by atoms with Crippen LogP contribution in [0.2, 0.25) is 0 Å². The molecule has 1 unspecified atom stereocenters. The second-order valence-corrected chi connectivity index (χ2v) is 7.95. The van der Waals surface area contributed by atoms with Gasteiger partial charge in [0.15, 0.2) is 23.5 Å². The fourth-order valence-corrected chi connectivity index (χ4v) is 3.42. The number of quaternary nitrogens is 1. The quantitative estimate of drug-likeness (QED) is 0.352. The molecule has 0 fully saturated rings. The summed E-state index contributed by atoms with van der Waals surface area (Å²) < 4.78 is 11.0. The van der Waals surface area contributed by atoms with Gasteiger partial charge in [0.2, 0.25) is 0 Å². The number of halogens is 1. The molecule has 0 aliphatic heterocycles. The van der Waals surface area contributed by atoms with Crippen molar-refractivity contribution in [2.75, 3.05) is 41.4 Å². The lowest BCUT2D eigenvalue weighted by Crippen LogP contribution is -3.00. The van der Waals surface area contributed by atoms with E-state index in [2.05, 4.69) is 0 Å². The van der Waals surface area contributed by atoms with Gasteiger partial charge in [-0.15, -0.1) is 0 Å². The minimum absolute atomic E-state index is 0. The Bertz CT molecular complexity index is 936. The molecule has 1 aliphatic carbocycles. The molecule has 0 spiro atoms. The number of methoxy groups -OCH3 is 1. The third-order valence-electron chi connectivity index (χ3n) is 4.81. The zero-order valence-corrected chi connectivity index (χ0v) is 17.7. The van der Waals surface area contributed by atoms with Crippen LogP contribution in [0.25, 0.3) is 0 Å². The number of hydrogen-bond acceptors (Lipinski definition) is 5. The lowest BCUT2D eigenvalue weighted by atomic mass is 9.76. The molecule has 154 valence electrons. The van der Waals surface area contributed by atoms with E-state index in [1.165, 1.54) is 7.11 Å². The highest BCUT2D eigenvalue weighted by Crippen LogP contribution is 2.41. The Balaban J connectivity index is 0.00000300. The Morgan fingerprint density at radius 2 is 1.59 bits per heavy atom. The largest absolute Gasteiger partial charge is 1.00 e. The first kappa shape index (κ1) is 22.6. The summed E-state index contributed by atoms with van der Waals surface area (Å²) in [5.74, 6) is -0.710. The number of carbonyl (C=O) groups is 3. The summed E-state index contributed by atoms with van der Waals surface area (Å²) in [4.78, 5) is 39.1. The molecule has 29 heavy (non-hydrogen) atoms. The smallest absolute Gasteiger partial charge is 0.361 e. The molecule has 1 aliphatic rings. The minimum Gasteiger partial charge on any atom is -1.00 e. The average molecular weight is 418 g/mol. The fourth-order valence-electron chi connectivity index (χ4n) is 3.42. The second kappa shape index (κ2) is 8.35. The molecule has 0 heterocycles. The van der Waals surface area contributed by atoms with Gasteiger partial charge in [0.25, 0.3) is 0 Å². The first-order valence-electron chi connectivity index (χ1n) is 8.98. The van der Waals surface area contributed by atoms with Gasteiger partial charge < -0.3 is 26.4 Å². The van der Waals surface area contributed by atoms with Gasteiger partial charge in [-0.05, 0) is 23.8 Å². The highest BCUT2D eigenvalue weighted by atomic mass is 35.5. The maximum absolute atomic E-state index is 13.4. The standard InChI is InChI=1S/C22H24NO5.ClH/c1-23(2,3)13-19(24)28-14-22(15-8-6-5-7-9-15)20(25)17-11-10-16(27-4)12-18(17)21(22)26;/h5-12H,13-14H2,1-4H3;1H/q+1;/p-1. The van der Waals surface area contributed by atoms with Crippen molar-refractivity contribution in [1.29, 1.82) is 0 Å². The minimum atomic E-state index is -1.57. The molecule has 0 saturated carbocycles. The number of ether oxygens (including phenoxy) is 2. The molecular weight excluding hydrogens is 394 g/mol. The van der Waals surface area contributed by atoms with Crippen LogP contribution in [-0.4, -0.2) is 63.4 Å². The van der Waals surface area contributed by atoms with E-state index in [1.54, 1.807) is 48.5 Å². The van der Waals surface area contributed by atoms with Crippen LogP contribution in [-0.2, 0) is 14.9 Å². The number of hydrogen-bond donors (Lipinski definition) is 0. The van der Waals surface area contributed by atoms with Gasteiger partial charge in [-0.1, -0.05) is 30.3 Å². The predicted octanol–water partition coefficient (Wildman–Crippen LogP) is -0.734. The van der Waals surface area contributed by atoms with E-state index in [0.29, 0.717) is 21.4 Å². The SMILES string of the molecule is COc1ccc2c(c1)C(=O)C(COC(=O)C[N+](C)(C)C)(c1ccccc1)C2=O.[Cl-]. The van der Waals surface area contributed by atoms with Crippen molar-refractivity contribution in [2.45, 2.75) is 5.41 Å². The zero-order chi connectivity index (χ0) is 20.5. The molecule has 0 bridgehead atoms. The number of benzene rings is 2. The Labute approximate surface area is 176 Å². The van der Waals surface area contributed by atoms with Crippen LogP contribution in [0.5, 0.6) is 5.75 Å². The summed E-state index contributed by atoms with van der Waals surface area (Å²) in [5.41, 5.74) is -0.456. The van der Waals surface area contributed by atoms with Crippen LogP contribution >= 0.6 is 0 Å². The maximum Gasteiger partial charge on any atom is 0.361 e. The molecule has 2 aromatic carbocycles. The number of Topliss-reactive ketones (excluding diaryl/α,β-unsaturated/α-hetero) is 2. The predicted molar refractivity (Wildman–Crippen MR) is 104 cm³/mol. The molecule has 6 nitrogen and oxygen atoms in total. The molecule has 7 heteroatoms. The van der Waals surface area contributed by atoms with Crippen LogP contribution in [0, 0.1) is 0 Å². The molecule has 0 N–H and O–H groups in total. The summed E-state index contributed by atoms with van der Waals surface area (Å²) in [5, 5.41) is 0. The second-order valence-electron chi connectivity index (χ2n) is 7.95. The van der Waals surface area contributed by atoms with E-state index < -0.39 is 11.4 Å². The lowest BCUT2D eigenvalue weighted by Gasteiger charge is -2.27. The van der Waals surface area contributed by atoms with Gasteiger partial charge in [-0.3, -0.25) is 9.59 Å². The van der Waals surface area contributed by atoms with E-state index in [4.69, 9.17) is 9.47 Å². The van der Waals surface area contributed by atoms with Crippen molar-refractivity contribution < 1.29 is 40.7 Å². The van der Waals surface area contributed by atoms with Gasteiger partial charge in [-0.2, -0.15) is 0 Å². The van der Waals surface area contributed by atoms with Crippen molar-refractivity contribution in [3.05, 3.63) is 65.2 Å². The van der Waals surface area contributed by atoms with Gasteiger partial charge in [-0.25, -0.2) is 4.79 Å². The van der Waals surface area contributed by atoms with Gasteiger partial charge >= 0.3 is 5.97 Å². The number of ketones is 2. The van der Waals surface area contributed by atoms with Gasteiger partial charge in [0.1, 0.15) is 12.4 Å². The fraction of sp³-hybridized carbons (Fsp3) is 0.318. The van der Waals surface area contributed by atoms with E-state index >= 15 is 0 Å². The Hall–Kier alpha value is -2.70. The number of carbonyl (C=O) groups excluding carboxylic acids is 3. The average Bonchev–Trinajstić information content (AvgIpc) is 2.87. The van der Waals surface area contributed by atoms with E-state index in [-0.39, 0.29) is 42.7 Å². The maximum atomic E-state index is 13.4. The monoisotopic (exact) mass is 417 g/mol. The van der Waals surface area contributed by atoms with E-state index in [0.717, 1.165) is 0 Å². The molecular formula is C22H24ClNO5. The summed E-state index contributed by atoms with van der Waals surface area (Å²) >= 11 is 0. The van der Waals surface area contributed by atoms with Gasteiger partial charge in [0.05, 0.1) is 28.3 Å². The van der Waals surface area contributed by atoms with E-state index in [1.807, 2.05) is 21.1 Å². The summed E-state index contributed by atoms with van der Waals surface area (Å²) in [7, 11) is 7.09. The molecule has 0 amide bonds. The van der Waals surface area contributed by atoms with Crippen molar-refractivity contribution in [1.82, 2.24) is 0 Å². The Morgan fingerprint density at radius 1 is 0.966 bits per heavy atom. The molecule has 3 rings (SSSR count). The van der Waals surface area contributed by atoms with Crippen molar-refractivity contribution >= 4 is 17.5 Å². The Morgan fingerprint density at radius 3 is 2.17 bits per heavy atom. The van der Waals surface area contributed by atoms with Crippen LogP contribution in [0.3, 0.4) is 0 Å². The highest BCUT2D eigenvalue weighted by Gasteiger charge is 2.55. The molecule has 0 radical (unpaired) electrons. The molecule has 1 atom stereocenters. The zero-order valence-electron chi connectivity index (χ0n) is 16.9. The summed E-state index contributed by atoms with van der Waals surface area (Å²) in [6, 6.07) is 13.6. The topological polar surface area (TPSA) is 69.7 Å². The number of rotatable bonds is 6. The van der Waals surface area contributed by atoms with Gasteiger partial charge in [0, 0.05) is 11.1 Å². The first-order chi connectivity index (χ1) is 13.2. The number of fused-ring (bicyclic) bond motifs is 1. The molecule has 0 saturated heterocycles. The highest BCUT2D eigenvalue weighted by molar-refractivity contribution is 6.33. The first-order valence-corrected chi connectivity index (χ1v) is 8.98. The number of likely N-dealkylation sites (N-methyl/N-ethyl adjacent to an activating group) is 1. The third kappa shape index (κ3) is 4.18. The van der Waals surface area contributed by atoms with Crippen LogP contribution in [0.4, 0.5) is 0 Å². The number of nitrogens with zero attached hydrogens (tertiary/aromatic N) is 1. The Kier molecular flexibility index (Phi) is 6.50. The van der Waals surface area contributed by atoms with Crippen molar-refractivity contribution in [3.63, 3.8) is 0 Å².